The van der Waals surface area contributed by atoms with Crippen LogP contribution in [0.3, 0.4) is 0 Å². The van der Waals surface area contributed by atoms with Gasteiger partial charge in [0.2, 0.25) is 5.89 Å². The smallest absolute Gasteiger partial charge is 0.262 e. The molecule has 4 aromatic rings. The van der Waals surface area contributed by atoms with Crippen molar-refractivity contribution in [2.75, 3.05) is 0 Å². The second kappa shape index (κ2) is 9.47. The van der Waals surface area contributed by atoms with Crippen LogP contribution in [0.2, 0.25) is 0 Å². The summed E-state index contributed by atoms with van der Waals surface area (Å²) in [5.74, 6) is 1.44. The number of fused-ring (bicyclic) bond motifs is 1. The number of thioether (sulfide) groups is 1. The highest BCUT2D eigenvalue weighted by Crippen LogP contribution is 2.33. The minimum absolute atomic E-state index is 0.0123. The van der Waals surface area contributed by atoms with Crippen LogP contribution in [0.25, 0.3) is 10.9 Å². The standard InChI is InChI=1S/C24H26N4O2S/c1-16(2)21-26-22(30-27-21)17(3)31-24-25-20-14-8-7-13-19(20)23(29)28(24)15-9-12-18-10-5-4-6-11-18/h4-8,10-11,13-14,16-17H,9,12,15H2,1-3H3. The van der Waals surface area contributed by atoms with E-state index in [1.807, 2.05) is 63.2 Å². The van der Waals surface area contributed by atoms with Gasteiger partial charge in [0.15, 0.2) is 11.0 Å². The highest BCUT2D eigenvalue weighted by molar-refractivity contribution is 7.99. The van der Waals surface area contributed by atoms with Gasteiger partial charge in [-0.3, -0.25) is 9.36 Å². The van der Waals surface area contributed by atoms with Gasteiger partial charge in [-0.15, -0.1) is 0 Å². The van der Waals surface area contributed by atoms with Crippen LogP contribution in [-0.4, -0.2) is 19.7 Å². The third-order valence-corrected chi connectivity index (χ3v) is 6.20. The average molecular weight is 435 g/mol. The second-order valence-electron chi connectivity index (χ2n) is 7.86. The van der Waals surface area contributed by atoms with Crippen LogP contribution >= 0.6 is 11.8 Å². The predicted molar refractivity (Wildman–Crippen MR) is 123 cm³/mol. The zero-order valence-electron chi connectivity index (χ0n) is 18.0. The first kappa shape index (κ1) is 21.3. The van der Waals surface area contributed by atoms with E-state index in [4.69, 9.17) is 9.51 Å². The minimum atomic E-state index is -0.117. The molecular weight excluding hydrogens is 408 g/mol. The molecule has 160 valence electrons. The molecule has 4 rings (SSSR count). The van der Waals surface area contributed by atoms with Crippen molar-refractivity contribution in [3.8, 4) is 0 Å². The Balaban J connectivity index is 1.62. The Morgan fingerprint density at radius 3 is 2.48 bits per heavy atom. The molecule has 6 nitrogen and oxygen atoms in total. The number of benzene rings is 2. The molecular formula is C24H26N4O2S. The first-order valence-corrected chi connectivity index (χ1v) is 11.4. The number of nitrogens with zero attached hydrogens (tertiary/aromatic N) is 4. The van der Waals surface area contributed by atoms with Crippen LogP contribution < -0.4 is 5.56 Å². The van der Waals surface area contributed by atoms with Crippen LogP contribution in [0.4, 0.5) is 0 Å². The van der Waals surface area contributed by atoms with Gasteiger partial charge in [-0.25, -0.2) is 4.98 Å². The van der Waals surface area contributed by atoms with Crippen molar-refractivity contribution in [3.05, 3.63) is 82.2 Å². The molecule has 1 atom stereocenters. The third-order valence-electron chi connectivity index (χ3n) is 5.12. The van der Waals surface area contributed by atoms with Gasteiger partial charge in [-0.05, 0) is 37.5 Å². The number of aromatic nitrogens is 4. The quantitative estimate of drug-likeness (QED) is 0.273. The lowest BCUT2D eigenvalue weighted by Gasteiger charge is -2.15. The molecule has 31 heavy (non-hydrogen) atoms. The van der Waals surface area contributed by atoms with Crippen molar-refractivity contribution < 1.29 is 4.52 Å². The SMILES string of the molecule is CC(C)c1noc(C(C)Sc2nc3ccccc3c(=O)n2CCCc2ccccc2)n1. The Morgan fingerprint density at radius 2 is 1.74 bits per heavy atom. The van der Waals surface area contributed by atoms with E-state index < -0.39 is 0 Å². The molecule has 7 heteroatoms. The molecule has 0 aliphatic carbocycles. The van der Waals surface area contributed by atoms with Gasteiger partial charge in [0.1, 0.15) is 0 Å². The Kier molecular flexibility index (Phi) is 6.51. The van der Waals surface area contributed by atoms with Crippen molar-refractivity contribution in [3.63, 3.8) is 0 Å². The van der Waals surface area contributed by atoms with Gasteiger partial charge < -0.3 is 4.52 Å². The maximum Gasteiger partial charge on any atom is 0.262 e. The Labute approximate surface area is 185 Å². The largest absolute Gasteiger partial charge is 0.338 e. The van der Waals surface area contributed by atoms with Gasteiger partial charge in [0.25, 0.3) is 5.56 Å². The van der Waals surface area contributed by atoms with E-state index >= 15 is 0 Å². The maximum absolute atomic E-state index is 13.3. The van der Waals surface area contributed by atoms with Gasteiger partial charge in [0.05, 0.1) is 16.2 Å². The summed E-state index contributed by atoms with van der Waals surface area (Å²) in [5, 5.41) is 5.26. The fourth-order valence-electron chi connectivity index (χ4n) is 3.38. The molecule has 2 aromatic carbocycles. The molecule has 0 N–H and O–H groups in total. The van der Waals surface area contributed by atoms with Crippen LogP contribution in [0.5, 0.6) is 0 Å². The number of para-hydroxylation sites is 1. The monoisotopic (exact) mass is 434 g/mol. The van der Waals surface area contributed by atoms with E-state index in [-0.39, 0.29) is 16.7 Å². The molecule has 2 heterocycles. The summed E-state index contributed by atoms with van der Waals surface area (Å²) in [4.78, 5) is 22.6. The molecule has 0 saturated heterocycles. The molecule has 0 bridgehead atoms. The molecule has 0 aliphatic rings. The van der Waals surface area contributed by atoms with Gasteiger partial charge in [-0.2, -0.15) is 4.98 Å². The normalized spacial score (nSPS) is 12.5. The van der Waals surface area contributed by atoms with Crippen LogP contribution in [0.15, 0.2) is 69.1 Å². The molecule has 0 fully saturated rings. The van der Waals surface area contributed by atoms with E-state index in [1.54, 1.807) is 4.57 Å². The highest BCUT2D eigenvalue weighted by atomic mass is 32.2. The molecule has 1 unspecified atom stereocenters. The summed E-state index contributed by atoms with van der Waals surface area (Å²) in [5.41, 5.74) is 1.95. The maximum atomic E-state index is 13.3. The summed E-state index contributed by atoms with van der Waals surface area (Å²) >= 11 is 1.48. The van der Waals surface area contributed by atoms with E-state index in [1.165, 1.54) is 17.3 Å². The van der Waals surface area contributed by atoms with Crippen LogP contribution in [0, 0.1) is 0 Å². The van der Waals surface area contributed by atoms with Crippen molar-refractivity contribution in [1.82, 2.24) is 19.7 Å². The lowest BCUT2D eigenvalue weighted by molar-refractivity contribution is 0.372. The third kappa shape index (κ3) is 4.88. The Hall–Kier alpha value is -2.93. The number of rotatable bonds is 8. The van der Waals surface area contributed by atoms with Crippen molar-refractivity contribution >= 4 is 22.7 Å². The first-order valence-electron chi connectivity index (χ1n) is 10.6. The summed E-state index contributed by atoms with van der Waals surface area (Å²) < 4.78 is 7.24. The highest BCUT2D eigenvalue weighted by Gasteiger charge is 2.20. The summed E-state index contributed by atoms with van der Waals surface area (Å²) in [6, 6.07) is 17.8. The number of aryl methyl sites for hydroxylation is 1. The second-order valence-corrected chi connectivity index (χ2v) is 9.17. The summed E-state index contributed by atoms with van der Waals surface area (Å²) in [6.07, 6.45) is 1.76. The first-order chi connectivity index (χ1) is 15.0. The Morgan fingerprint density at radius 1 is 1.00 bits per heavy atom. The summed E-state index contributed by atoms with van der Waals surface area (Å²) in [7, 11) is 0. The van der Waals surface area contributed by atoms with E-state index in [0.717, 1.165) is 12.8 Å². The zero-order chi connectivity index (χ0) is 21.8. The molecule has 0 amide bonds. The summed E-state index contributed by atoms with van der Waals surface area (Å²) in [6.45, 7) is 6.66. The Bertz CT molecular complexity index is 1220. The molecule has 0 saturated carbocycles. The topological polar surface area (TPSA) is 73.8 Å². The van der Waals surface area contributed by atoms with Crippen LogP contribution in [0.1, 0.15) is 55.6 Å². The van der Waals surface area contributed by atoms with Crippen molar-refractivity contribution in [1.29, 1.82) is 0 Å². The predicted octanol–water partition coefficient (Wildman–Crippen LogP) is 5.39. The molecule has 2 aromatic heterocycles. The van der Waals surface area contributed by atoms with E-state index in [0.29, 0.717) is 34.3 Å². The fourth-order valence-corrected chi connectivity index (χ4v) is 4.34. The fraction of sp³-hybridized carbons (Fsp3) is 0.333. The molecule has 0 aliphatic heterocycles. The van der Waals surface area contributed by atoms with Gasteiger partial charge >= 0.3 is 0 Å². The lowest BCUT2D eigenvalue weighted by Crippen LogP contribution is -2.24. The number of hydrogen-bond acceptors (Lipinski definition) is 6. The number of hydrogen-bond donors (Lipinski definition) is 0. The molecule has 0 spiro atoms. The zero-order valence-corrected chi connectivity index (χ0v) is 18.8. The molecule has 0 radical (unpaired) electrons. The van der Waals surface area contributed by atoms with Crippen molar-refractivity contribution in [2.24, 2.45) is 0 Å². The minimum Gasteiger partial charge on any atom is -0.338 e. The van der Waals surface area contributed by atoms with Gasteiger partial charge in [0, 0.05) is 12.5 Å². The average Bonchev–Trinajstić information content (AvgIpc) is 3.28. The van der Waals surface area contributed by atoms with E-state index in [9.17, 15) is 4.79 Å². The van der Waals surface area contributed by atoms with Gasteiger partial charge in [-0.1, -0.05) is 73.2 Å². The van der Waals surface area contributed by atoms with Crippen LogP contribution in [-0.2, 0) is 13.0 Å². The van der Waals surface area contributed by atoms with Crippen molar-refractivity contribution in [2.45, 2.75) is 56.5 Å². The lowest BCUT2D eigenvalue weighted by atomic mass is 10.1. The van der Waals surface area contributed by atoms with E-state index in [2.05, 4.69) is 22.3 Å².